The summed E-state index contributed by atoms with van der Waals surface area (Å²) in [6, 6.07) is 24.8. The van der Waals surface area contributed by atoms with Crippen molar-refractivity contribution >= 4 is 39.0 Å². The summed E-state index contributed by atoms with van der Waals surface area (Å²) in [4.78, 5) is 17.7. The van der Waals surface area contributed by atoms with Gasteiger partial charge in [0.15, 0.2) is 0 Å². The number of carbonyl (C=O) groups excluding carboxylic acids is 1. The normalized spacial score (nSPS) is 11.2. The highest BCUT2D eigenvalue weighted by atomic mass is 79.9. The minimum Gasteiger partial charge on any atom is -0.490 e. The number of carbonyl (C=O) groups is 1. The van der Waals surface area contributed by atoms with E-state index in [2.05, 4.69) is 26.5 Å². The highest BCUT2D eigenvalue weighted by Crippen LogP contribution is 2.27. The molecule has 5 nitrogen and oxygen atoms in total. The van der Waals surface area contributed by atoms with E-state index in [-0.39, 0.29) is 12.0 Å². The zero-order valence-electron chi connectivity index (χ0n) is 17.7. The lowest BCUT2D eigenvalue weighted by atomic mass is 10.0. The number of rotatable bonds is 6. The molecule has 0 saturated carbocycles. The van der Waals surface area contributed by atoms with Crippen LogP contribution in [-0.2, 0) is 0 Å². The monoisotopic (exact) mass is 487 g/mol. The van der Waals surface area contributed by atoms with Crippen LogP contribution >= 0.6 is 15.9 Å². The van der Waals surface area contributed by atoms with Gasteiger partial charge in [-0.15, -0.1) is 0 Å². The quantitative estimate of drug-likeness (QED) is 0.259. The smallest absolute Gasteiger partial charge is 0.272 e. The Morgan fingerprint density at radius 2 is 1.78 bits per heavy atom. The molecule has 1 aromatic heterocycles. The van der Waals surface area contributed by atoms with Crippen molar-refractivity contribution in [3.63, 3.8) is 0 Å². The molecule has 160 valence electrons. The van der Waals surface area contributed by atoms with E-state index in [0.29, 0.717) is 5.56 Å². The molecule has 0 saturated heterocycles. The molecule has 0 spiro atoms. The van der Waals surface area contributed by atoms with Crippen LogP contribution in [0.4, 0.5) is 0 Å². The molecule has 3 aromatic carbocycles. The van der Waals surface area contributed by atoms with Crippen molar-refractivity contribution in [3.05, 3.63) is 94.5 Å². The number of hydrogen-bond acceptors (Lipinski definition) is 4. The molecule has 0 aliphatic rings. The number of halogens is 1. The number of hydrogen-bond donors (Lipinski definition) is 1. The molecule has 0 atom stereocenters. The Morgan fingerprint density at radius 1 is 1.03 bits per heavy atom. The van der Waals surface area contributed by atoms with Crippen LogP contribution in [0, 0.1) is 0 Å². The molecular formula is C26H22BrN3O2. The van der Waals surface area contributed by atoms with Crippen molar-refractivity contribution < 1.29 is 9.53 Å². The molecule has 0 radical (unpaired) electrons. The highest BCUT2D eigenvalue weighted by Gasteiger charge is 2.13. The number of nitrogens with one attached hydrogen (secondary N) is 1. The Kier molecular flexibility index (Phi) is 6.61. The molecular weight excluding hydrogens is 466 g/mol. The van der Waals surface area contributed by atoms with Crippen molar-refractivity contribution in [1.82, 2.24) is 10.4 Å². The predicted octanol–water partition coefficient (Wildman–Crippen LogP) is 6.22. The maximum atomic E-state index is 13.0. The van der Waals surface area contributed by atoms with Gasteiger partial charge in [-0.05, 0) is 65.7 Å². The summed E-state index contributed by atoms with van der Waals surface area (Å²) in [5.41, 5.74) is 6.44. The minimum absolute atomic E-state index is 0.0843. The number of hydrazone groups is 1. The summed E-state index contributed by atoms with van der Waals surface area (Å²) in [5.74, 6) is 0.466. The van der Waals surface area contributed by atoms with E-state index in [9.17, 15) is 4.79 Å². The maximum Gasteiger partial charge on any atom is 0.272 e. The van der Waals surface area contributed by atoms with Crippen LogP contribution in [0.1, 0.15) is 29.8 Å². The maximum absolute atomic E-state index is 13.0. The first-order valence-corrected chi connectivity index (χ1v) is 11.1. The molecule has 6 heteroatoms. The number of amides is 1. The van der Waals surface area contributed by atoms with Gasteiger partial charge in [0, 0.05) is 10.9 Å². The zero-order valence-corrected chi connectivity index (χ0v) is 19.3. The Labute approximate surface area is 195 Å². The fourth-order valence-corrected chi connectivity index (χ4v) is 3.78. The van der Waals surface area contributed by atoms with Gasteiger partial charge in [-0.25, -0.2) is 10.4 Å². The summed E-state index contributed by atoms with van der Waals surface area (Å²) in [7, 11) is 0. The fourth-order valence-electron chi connectivity index (χ4n) is 3.29. The summed E-state index contributed by atoms with van der Waals surface area (Å²) in [6.07, 6.45) is 1.68. The molecule has 0 fully saturated rings. The molecule has 32 heavy (non-hydrogen) atoms. The number of pyridine rings is 1. The molecule has 0 unspecified atom stereocenters. The van der Waals surface area contributed by atoms with Gasteiger partial charge in [-0.1, -0.05) is 48.5 Å². The van der Waals surface area contributed by atoms with Crippen LogP contribution < -0.4 is 10.2 Å². The molecule has 1 heterocycles. The van der Waals surface area contributed by atoms with Gasteiger partial charge in [0.1, 0.15) is 5.75 Å². The van der Waals surface area contributed by atoms with Crippen LogP contribution in [0.15, 0.2) is 88.4 Å². The van der Waals surface area contributed by atoms with Gasteiger partial charge < -0.3 is 4.74 Å². The zero-order chi connectivity index (χ0) is 22.5. The number of aromatic nitrogens is 1. The van der Waals surface area contributed by atoms with Crippen LogP contribution in [0.5, 0.6) is 5.75 Å². The second kappa shape index (κ2) is 9.75. The van der Waals surface area contributed by atoms with Crippen molar-refractivity contribution in [2.75, 3.05) is 0 Å². The third-order valence-electron chi connectivity index (χ3n) is 4.73. The van der Waals surface area contributed by atoms with Gasteiger partial charge >= 0.3 is 0 Å². The van der Waals surface area contributed by atoms with Gasteiger partial charge in [-0.2, -0.15) is 5.10 Å². The molecule has 4 rings (SSSR count). The molecule has 0 aliphatic carbocycles. The van der Waals surface area contributed by atoms with Crippen molar-refractivity contribution in [3.8, 4) is 17.0 Å². The van der Waals surface area contributed by atoms with Crippen LogP contribution in [0.3, 0.4) is 0 Å². The Bertz CT molecular complexity index is 1290. The number of nitrogens with zero attached hydrogens (tertiary/aromatic N) is 2. The van der Waals surface area contributed by atoms with Crippen molar-refractivity contribution in [2.24, 2.45) is 5.10 Å². The highest BCUT2D eigenvalue weighted by molar-refractivity contribution is 9.10. The van der Waals surface area contributed by atoms with E-state index in [1.54, 1.807) is 12.3 Å². The Morgan fingerprint density at radius 3 is 2.53 bits per heavy atom. The average Bonchev–Trinajstić information content (AvgIpc) is 2.80. The topological polar surface area (TPSA) is 63.6 Å². The first-order chi connectivity index (χ1) is 15.5. The number of fused-ring (bicyclic) bond motifs is 1. The molecule has 0 aliphatic heterocycles. The fraction of sp³-hybridized carbons (Fsp3) is 0.115. The number of benzene rings is 3. The standard InChI is InChI=1S/C26H22BrN3O2/c1-17(2)32-25-13-12-18(14-22(25)27)16-28-30-26(31)21-15-24(19-8-4-3-5-9-19)29-23-11-7-6-10-20(21)23/h3-17H,1-2H3,(H,30,31)/b28-16-. The van der Waals surface area contributed by atoms with Gasteiger partial charge in [0.2, 0.25) is 0 Å². The van der Waals surface area contributed by atoms with Crippen LogP contribution in [0.25, 0.3) is 22.2 Å². The minimum atomic E-state index is -0.296. The summed E-state index contributed by atoms with van der Waals surface area (Å²) >= 11 is 3.51. The van der Waals surface area contributed by atoms with Gasteiger partial charge in [0.25, 0.3) is 5.91 Å². The van der Waals surface area contributed by atoms with E-state index in [0.717, 1.165) is 37.9 Å². The van der Waals surface area contributed by atoms with E-state index in [1.807, 2.05) is 86.6 Å². The predicted molar refractivity (Wildman–Crippen MR) is 132 cm³/mol. The first-order valence-electron chi connectivity index (χ1n) is 10.3. The third-order valence-corrected chi connectivity index (χ3v) is 5.35. The lowest BCUT2D eigenvalue weighted by Crippen LogP contribution is -2.18. The second-order valence-corrected chi connectivity index (χ2v) is 8.35. The molecule has 1 N–H and O–H groups in total. The van der Waals surface area contributed by atoms with E-state index >= 15 is 0 Å². The summed E-state index contributed by atoms with van der Waals surface area (Å²) in [6.45, 7) is 3.95. The van der Waals surface area contributed by atoms with E-state index < -0.39 is 0 Å². The molecule has 0 bridgehead atoms. The average molecular weight is 488 g/mol. The molecule has 1 amide bonds. The van der Waals surface area contributed by atoms with Crippen molar-refractivity contribution in [1.29, 1.82) is 0 Å². The van der Waals surface area contributed by atoms with Crippen LogP contribution in [0.2, 0.25) is 0 Å². The Balaban J connectivity index is 1.58. The molecule has 4 aromatic rings. The first kappa shape index (κ1) is 21.7. The van der Waals surface area contributed by atoms with Gasteiger partial charge in [-0.3, -0.25) is 4.79 Å². The number of para-hydroxylation sites is 1. The van der Waals surface area contributed by atoms with Crippen LogP contribution in [-0.4, -0.2) is 23.2 Å². The summed E-state index contributed by atoms with van der Waals surface area (Å²) in [5, 5.41) is 4.93. The second-order valence-electron chi connectivity index (χ2n) is 7.49. The van der Waals surface area contributed by atoms with Gasteiger partial charge in [0.05, 0.1) is 33.6 Å². The van der Waals surface area contributed by atoms with E-state index in [1.165, 1.54) is 0 Å². The lowest BCUT2D eigenvalue weighted by Gasteiger charge is -2.11. The number of ether oxygens (including phenoxy) is 1. The van der Waals surface area contributed by atoms with Crippen molar-refractivity contribution in [2.45, 2.75) is 20.0 Å². The largest absolute Gasteiger partial charge is 0.490 e. The van der Waals surface area contributed by atoms with E-state index in [4.69, 9.17) is 9.72 Å². The lowest BCUT2D eigenvalue weighted by molar-refractivity contribution is 0.0956. The summed E-state index contributed by atoms with van der Waals surface area (Å²) < 4.78 is 6.55. The Hall–Kier alpha value is -3.51. The third kappa shape index (κ3) is 5.03. The SMILES string of the molecule is CC(C)Oc1ccc(/C=N\NC(=O)c2cc(-c3ccccc3)nc3ccccc23)cc1Br.